The van der Waals surface area contributed by atoms with Crippen molar-refractivity contribution in [2.45, 2.75) is 39.2 Å². The molecule has 5 nitrogen and oxygen atoms in total. The molecule has 1 aromatic rings. The predicted molar refractivity (Wildman–Crippen MR) is 77.7 cm³/mol. The summed E-state index contributed by atoms with van der Waals surface area (Å²) in [6.07, 6.45) is 6.20. The van der Waals surface area contributed by atoms with E-state index in [1.807, 2.05) is 24.9 Å². The molecule has 0 bridgehead atoms. The molecule has 0 saturated carbocycles. The first-order valence-electron chi connectivity index (χ1n) is 7.46. The molecule has 2 fully saturated rings. The smallest absolute Gasteiger partial charge is 0.243 e. The molecular formula is C16H20N4O. The van der Waals surface area contributed by atoms with Gasteiger partial charge >= 0.3 is 0 Å². The summed E-state index contributed by atoms with van der Waals surface area (Å²) >= 11 is 0. The molecule has 5 heteroatoms. The van der Waals surface area contributed by atoms with E-state index in [-0.39, 0.29) is 17.4 Å². The molecule has 1 amide bonds. The highest BCUT2D eigenvalue weighted by Gasteiger charge is 2.44. The number of amides is 1. The Labute approximate surface area is 125 Å². The molecular weight excluding hydrogens is 264 g/mol. The molecule has 0 radical (unpaired) electrons. The van der Waals surface area contributed by atoms with Gasteiger partial charge in [-0.15, -0.1) is 0 Å². The van der Waals surface area contributed by atoms with E-state index in [4.69, 9.17) is 5.26 Å². The summed E-state index contributed by atoms with van der Waals surface area (Å²) in [7, 11) is 0. The van der Waals surface area contributed by atoms with E-state index in [1.54, 1.807) is 12.4 Å². The highest BCUT2D eigenvalue weighted by Crippen LogP contribution is 2.39. The lowest BCUT2D eigenvalue weighted by atomic mass is 9.86. The number of fused-ring (bicyclic) bond motifs is 1. The molecule has 1 aromatic heterocycles. The Hall–Kier alpha value is -1.93. The van der Waals surface area contributed by atoms with Gasteiger partial charge in [0.1, 0.15) is 6.07 Å². The maximum absolute atomic E-state index is 12.9. The van der Waals surface area contributed by atoms with Gasteiger partial charge in [-0.3, -0.25) is 14.8 Å². The Bertz CT molecular complexity index is 605. The zero-order valence-electron chi connectivity index (χ0n) is 12.5. The highest BCUT2D eigenvalue weighted by atomic mass is 16.2. The summed E-state index contributed by atoms with van der Waals surface area (Å²) in [6.45, 7) is 5.87. The van der Waals surface area contributed by atoms with Crippen LogP contribution in [-0.4, -0.2) is 34.0 Å². The fourth-order valence-electron chi connectivity index (χ4n) is 3.32. The SMILES string of the molecule is CC1(C)CCCN2CC[C@@H](c3cncc(C#N)c3)N2C1=O. The van der Waals surface area contributed by atoms with Crippen molar-refractivity contribution in [3.63, 3.8) is 0 Å². The fraction of sp³-hybridized carbons (Fsp3) is 0.562. The van der Waals surface area contributed by atoms with E-state index in [0.717, 1.165) is 37.9 Å². The molecule has 0 N–H and O–H groups in total. The largest absolute Gasteiger partial charge is 0.273 e. The Morgan fingerprint density at radius 2 is 2.19 bits per heavy atom. The molecule has 110 valence electrons. The van der Waals surface area contributed by atoms with Crippen molar-refractivity contribution in [3.8, 4) is 6.07 Å². The van der Waals surface area contributed by atoms with Crippen LogP contribution in [0.15, 0.2) is 18.5 Å². The van der Waals surface area contributed by atoms with Gasteiger partial charge in [-0.2, -0.15) is 5.26 Å². The van der Waals surface area contributed by atoms with Crippen molar-refractivity contribution in [2.24, 2.45) is 5.41 Å². The topological polar surface area (TPSA) is 60.2 Å². The monoisotopic (exact) mass is 284 g/mol. The molecule has 2 saturated heterocycles. The van der Waals surface area contributed by atoms with Gasteiger partial charge in [0, 0.05) is 30.9 Å². The molecule has 2 aliphatic heterocycles. The molecule has 3 rings (SSSR count). The van der Waals surface area contributed by atoms with Crippen molar-refractivity contribution in [3.05, 3.63) is 29.6 Å². The number of nitriles is 1. The van der Waals surface area contributed by atoms with Crippen molar-refractivity contribution < 1.29 is 4.79 Å². The third-order valence-corrected chi connectivity index (χ3v) is 4.54. The number of hydrazine groups is 1. The van der Waals surface area contributed by atoms with E-state index in [0.29, 0.717) is 5.56 Å². The molecule has 21 heavy (non-hydrogen) atoms. The molecule has 3 heterocycles. The van der Waals surface area contributed by atoms with E-state index in [2.05, 4.69) is 16.1 Å². The first kappa shape index (κ1) is 14.0. The van der Waals surface area contributed by atoms with Crippen LogP contribution in [0.2, 0.25) is 0 Å². The van der Waals surface area contributed by atoms with Gasteiger partial charge in [0.05, 0.1) is 11.6 Å². The van der Waals surface area contributed by atoms with Gasteiger partial charge < -0.3 is 0 Å². The molecule has 0 aliphatic carbocycles. The first-order valence-corrected chi connectivity index (χ1v) is 7.46. The Morgan fingerprint density at radius 1 is 1.38 bits per heavy atom. The van der Waals surface area contributed by atoms with Crippen LogP contribution >= 0.6 is 0 Å². The average molecular weight is 284 g/mol. The maximum Gasteiger partial charge on any atom is 0.243 e. The summed E-state index contributed by atoms with van der Waals surface area (Å²) in [6, 6.07) is 3.99. The maximum atomic E-state index is 12.9. The highest BCUT2D eigenvalue weighted by molar-refractivity contribution is 5.82. The van der Waals surface area contributed by atoms with E-state index >= 15 is 0 Å². The number of aromatic nitrogens is 1. The Balaban J connectivity index is 1.96. The Morgan fingerprint density at radius 3 is 2.95 bits per heavy atom. The number of pyridine rings is 1. The molecule has 0 aromatic carbocycles. The second-order valence-electron chi connectivity index (χ2n) is 6.51. The second-order valence-corrected chi connectivity index (χ2v) is 6.51. The van der Waals surface area contributed by atoms with Crippen LogP contribution in [0.5, 0.6) is 0 Å². The van der Waals surface area contributed by atoms with Crippen LogP contribution in [0.4, 0.5) is 0 Å². The van der Waals surface area contributed by atoms with Crippen LogP contribution in [0.3, 0.4) is 0 Å². The summed E-state index contributed by atoms with van der Waals surface area (Å²) < 4.78 is 0. The number of carbonyl (C=O) groups excluding carboxylic acids is 1. The van der Waals surface area contributed by atoms with Gasteiger partial charge in [-0.25, -0.2) is 5.01 Å². The van der Waals surface area contributed by atoms with Gasteiger partial charge in [-0.05, 0) is 30.9 Å². The lowest BCUT2D eigenvalue weighted by Gasteiger charge is -2.34. The zero-order chi connectivity index (χ0) is 15.0. The Kier molecular flexibility index (Phi) is 3.42. The van der Waals surface area contributed by atoms with Crippen LogP contribution in [0.25, 0.3) is 0 Å². The van der Waals surface area contributed by atoms with Crippen molar-refractivity contribution in [2.75, 3.05) is 13.1 Å². The molecule has 0 spiro atoms. The third-order valence-electron chi connectivity index (χ3n) is 4.54. The molecule has 2 aliphatic rings. The van der Waals surface area contributed by atoms with Gasteiger partial charge in [0.15, 0.2) is 0 Å². The zero-order valence-corrected chi connectivity index (χ0v) is 12.5. The number of carbonyl (C=O) groups is 1. The van der Waals surface area contributed by atoms with E-state index in [9.17, 15) is 4.79 Å². The van der Waals surface area contributed by atoms with Crippen LogP contribution < -0.4 is 0 Å². The molecule has 0 unspecified atom stereocenters. The summed E-state index contributed by atoms with van der Waals surface area (Å²) in [5.74, 6) is 0.185. The summed E-state index contributed by atoms with van der Waals surface area (Å²) in [5, 5.41) is 13.1. The van der Waals surface area contributed by atoms with Gasteiger partial charge in [0.2, 0.25) is 5.91 Å². The standard InChI is InChI=1S/C16H20N4O/c1-16(2)5-3-6-19-7-4-14(20(19)15(16)21)13-8-12(9-17)10-18-11-13/h8,10-11,14H,3-7H2,1-2H3/t14-/m0/s1. The number of rotatable bonds is 1. The lowest BCUT2D eigenvalue weighted by Crippen LogP contribution is -2.46. The van der Waals surface area contributed by atoms with Crippen LogP contribution in [0.1, 0.15) is 50.3 Å². The minimum absolute atomic E-state index is 0.00988. The van der Waals surface area contributed by atoms with Crippen molar-refractivity contribution >= 4 is 5.91 Å². The second kappa shape index (κ2) is 5.12. The normalized spacial score (nSPS) is 25.3. The van der Waals surface area contributed by atoms with E-state index in [1.165, 1.54) is 0 Å². The van der Waals surface area contributed by atoms with Crippen molar-refractivity contribution in [1.82, 2.24) is 15.0 Å². The molecule has 1 atom stereocenters. The number of hydrogen-bond acceptors (Lipinski definition) is 4. The number of nitrogens with zero attached hydrogens (tertiary/aromatic N) is 4. The van der Waals surface area contributed by atoms with E-state index < -0.39 is 0 Å². The van der Waals surface area contributed by atoms with Crippen molar-refractivity contribution in [1.29, 1.82) is 5.26 Å². The minimum Gasteiger partial charge on any atom is -0.273 e. The lowest BCUT2D eigenvalue weighted by molar-refractivity contribution is -0.154. The predicted octanol–water partition coefficient (Wildman–Crippen LogP) is 2.26. The van der Waals surface area contributed by atoms with Gasteiger partial charge in [-0.1, -0.05) is 13.8 Å². The quantitative estimate of drug-likeness (QED) is 0.793. The minimum atomic E-state index is -0.322. The fourth-order valence-corrected chi connectivity index (χ4v) is 3.32. The van der Waals surface area contributed by atoms with Crippen LogP contribution in [-0.2, 0) is 4.79 Å². The number of hydrogen-bond donors (Lipinski definition) is 0. The van der Waals surface area contributed by atoms with Crippen LogP contribution in [0, 0.1) is 16.7 Å². The van der Waals surface area contributed by atoms with Gasteiger partial charge in [0.25, 0.3) is 0 Å². The average Bonchev–Trinajstić information content (AvgIpc) is 2.85. The summed E-state index contributed by atoms with van der Waals surface area (Å²) in [5.41, 5.74) is 1.19. The summed E-state index contributed by atoms with van der Waals surface area (Å²) in [4.78, 5) is 17.0. The first-order chi connectivity index (χ1) is 10.0. The third kappa shape index (κ3) is 2.40.